The van der Waals surface area contributed by atoms with Crippen LogP contribution in [0.15, 0.2) is 66.2 Å². The molecule has 7 heteroatoms. The average molecular weight is 544 g/mol. The number of Topliss-reactive ketones (excluding diaryl/α,β-unsaturated/α-hetero) is 1. The van der Waals surface area contributed by atoms with Crippen molar-refractivity contribution in [1.82, 2.24) is 0 Å². The second-order valence-corrected chi connectivity index (χ2v) is 11.2. The van der Waals surface area contributed by atoms with E-state index >= 15 is 0 Å². The minimum Gasteiger partial charge on any atom is -0.507 e. The molecule has 3 aromatic rings. The van der Waals surface area contributed by atoms with Crippen molar-refractivity contribution in [3.05, 3.63) is 88.5 Å². The molecular formula is C33H37NO6. The van der Waals surface area contributed by atoms with E-state index in [1.165, 1.54) is 11.0 Å². The molecule has 0 bridgehead atoms. The fourth-order valence-electron chi connectivity index (χ4n) is 5.00. The van der Waals surface area contributed by atoms with Gasteiger partial charge in [0.1, 0.15) is 11.5 Å². The maximum absolute atomic E-state index is 13.6. The molecule has 1 amide bonds. The third kappa shape index (κ3) is 5.28. The second kappa shape index (κ2) is 11.1. The van der Waals surface area contributed by atoms with Crippen molar-refractivity contribution in [3.63, 3.8) is 0 Å². The third-order valence-electron chi connectivity index (χ3n) is 7.16. The molecule has 0 aromatic heterocycles. The van der Waals surface area contributed by atoms with E-state index in [4.69, 9.17) is 9.47 Å². The maximum atomic E-state index is 13.6. The van der Waals surface area contributed by atoms with E-state index in [-0.39, 0.29) is 34.2 Å². The number of carbonyl (C=O) groups excluding carboxylic acids is 2. The summed E-state index contributed by atoms with van der Waals surface area (Å²) in [6, 6.07) is 16.4. The van der Waals surface area contributed by atoms with Crippen molar-refractivity contribution in [1.29, 1.82) is 0 Å². The van der Waals surface area contributed by atoms with Crippen molar-refractivity contribution < 1.29 is 29.3 Å². The molecule has 210 valence electrons. The van der Waals surface area contributed by atoms with Crippen LogP contribution in [0, 0.1) is 0 Å². The molecule has 1 aliphatic rings. The van der Waals surface area contributed by atoms with Crippen LogP contribution in [0.3, 0.4) is 0 Å². The molecule has 1 aliphatic heterocycles. The van der Waals surface area contributed by atoms with Crippen molar-refractivity contribution >= 4 is 23.1 Å². The molecule has 0 spiro atoms. The zero-order chi connectivity index (χ0) is 29.4. The molecule has 40 heavy (non-hydrogen) atoms. The lowest BCUT2D eigenvalue weighted by atomic mass is 9.84. The summed E-state index contributed by atoms with van der Waals surface area (Å²) in [6.45, 7) is 12.3. The number of methoxy groups -OCH3 is 1. The molecule has 0 saturated carbocycles. The van der Waals surface area contributed by atoms with Crippen LogP contribution in [0.5, 0.6) is 17.2 Å². The number of ketones is 1. The van der Waals surface area contributed by atoms with Gasteiger partial charge in [-0.3, -0.25) is 14.5 Å². The fraction of sp³-hybridized carbons (Fsp3) is 0.333. The Hall–Kier alpha value is -4.26. The second-order valence-electron chi connectivity index (χ2n) is 11.2. The predicted molar refractivity (Wildman–Crippen MR) is 156 cm³/mol. The SMILES string of the molecule is CCOc1cc(C2/C(=C(\O)c3ccc(OC)c(C(C)(C)C)c3)C(=O)C(=O)N2c2ccc(C(C)C)cc2)ccc1O. The molecular weight excluding hydrogens is 506 g/mol. The lowest BCUT2D eigenvalue weighted by Gasteiger charge is -2.26. The molecule has 0 aliphatic carbocycles. The topological polar surface area (TPSA) is 96.3 Å². The smallest absolute Gasteiger partial charge is 0.300 e. The fourth-order valence-corrected chi connectivity index (χ4v) is 5.00. The van der Waals surface area contributed by atoms with Crippen LogP contribution in [0.4, 0.5) is 5.69 Å². The number of hydrogen-bond acceptors (Lipinski definition) is 6. The van der Waals surface area contributed by atoms with Gasteiger partial charge in [0, 0.05) is 16.8 Å². The Morgan fingerprint density at radius 3 is 2.23 bits per heavy atom. The monoisotopic (exact) mass is 543 g/mol. The van der Waals surface area contributed by atoms with Crippen LogP contribution in [-0.4, -0.2) is 35.6 Å². The summed E-state index contributed by atoms with van der Waals surface area (Å²) in [5, 5.41) is 22.0. The van der Waals surface area contributed by atoms with E-state index in [1.807, 2.05) is 45.0 Å². The number of phenolic OH excluding ortho intramolecular Hbond substituents is 1. The van der Waals surface area contributed by atoms with E-state index < -0.39 is 17.7 Å². The number of phenols is 1. The van der Waals surface area contributed by atoms with Crippen LogP contribution < -0.4 is 14.4 Å². The van der Waals surface area contributed by atoms with Gasteiger partial charge < -0.3 is 19.7 Å². The van der Waals surface area contributed by atoms with E-state index in [0.717, 1.165) is 11.1 Å². The summed E-state index contributed by atoms with van der Waals surface area (Å²) < 4.78 is 11.1. The standard InChI is InChI=1S/C33H37NO6/c1-8-40-27-18-21(11-15-25(27)35)29-28(30(36)22-12-16-26(39-7)24(17-22)33(4,5)6)31(37)32(38)34(29)23-13-9-20(10-14-23)19(2)3/h9-19,29,35-36H,8H2,1-7H3/b30-28+. The first-order valence-corrected chi connectivity index (χ1v) is 13.4. The molecule has 3 aromatic carbocycles. The number of aliphatic hydroxyl groups is 1. The van der Waals surface area contributed by atoms with E-state index in [2.05, 4.69) is 13.8 Å². The van der Waals surface area contributed by atoms with Crippen molar-refractivity contribution in [3.8, 4) is 17.2 Å². The first-order valence-electron chi connectivity index (χ1n) is 13.4. The normalized spacial score (nSPS) is 17.0. The number of benzene rings is 3. The largest absolute Gasteiger partial charge is 0.507 e. The Bertz CT molecular complexity index is 1460. The van der Waals surface area contributed by atoms with Crippen LogP contribution in [0.25, 0.3) is 5.76 Å². The zero-order valence-corrected chi connectivity index (χ0v) is 24.1. The number of amides is 1. The molecule has 1 unspecified atom stereocenters. The van der Waals surface area contributed by atoms with Gasteiger partial charge in [0.2, 0.25) is 0 Å². The number of aromatic hydroxyl groups is 1. The van der Waals surface area contributed by atoms with Crippen LogP contribution >= 0.6 is 0 Å². The van der Waals surface area contributed by atoms with E-state index in [1.54, 1.807) is 44.4 Å². The highest BCUT2D eigenvalue weighted by atomic mass is 16.5. The van der Waals surface area contributed by atoms with Gasteiger partial charge in [0.15, 0.2) is 11.5 Å². The van der Waals surface area contributed by atoms with Gasteiger partial charge in [-0.1, -0.05) is 52.8 Å². The molecule has 4 rings (SSSR count). The average Bonchev–Trinajstić information content (AvgIpc) is 3.18. The molecule has 1 saturated heterocycles. The number of anilines is 1. The first-order chi connectivity index (χ1) is 18.9. The first kappa shape index (κ1) is 28.7. The Morgan fingerprint density at radius 2 is 1.65 bits per heavy atom. The number of hydrogen-bond donors (Lipinski definition) is 2. The van der Waals surface area contributed by atoms with Crippen molar-refractivity contribution in [2.24, 2.45) is 0 Å². The summed E-state index contributed by atoms with van der Waals surface area (Å²) in [7, 11) is 1.58. The Labute approximate surface area is 235 Å². The van der Waals surface area contributed by atoms with Gasteiger partial charge in [-0.05, 0) is 71.8 Å². The van der Waals surface area contributed by atoms with Gasteiger partial charge in [-0.15, -0.1) is 0 Å². The van der Waals surface area contributed by atoms with Crippen LogP contribution in [0.2, 0.25) is 0 Å². The van der Waals surface area contributed by atoms with Gasteiger partial charge in [-0.2, -0.15) is 0 Å². The van der Waals surface area contributed by atoms with Crippen LogP contribution in [-0.2, 0) is 15.0 Å². The maximum Gasteiger partial charge on any atom is 0.300 e. The van der Waals surface area contributed by atoms with Gasteiger partial charge in [0.25, 0.3) is 11.7 Å². The minimum atomic E-state index is -0.954. The van der Waals surface area contributed by atoms with E-state index in [9.17, 15) is 19.8 Å². The molecule has 2 N–H and O–H groups in total. The predicted octanol–water partition coefficient (Wildman–Crippen LogP) is 6.85. The van der Waals surface area contributed by atoms with Gasteiger partial charge in [-0.25, -0.2) is 0 Å². The van der Waals surface area contributed by atoms with Crippen molar-refractivity contribution in [2.75, 3.05) is 18.6 Å². The number of carbonyl (C=O) groups is 2. The number of ether oxygens (including phenoxy) is 2. The highest BCUT2D eigenvalue weighted by molar-refractivity contribution is 6.51. The summed E-state index contributed by atoms with van der Waals surface area (Å²) >= 11 is 0. The summed E-state index contributed by atoms with van der Waals surface area (Å²) in [4.78, 5) is 28.6. The number of rotatable bonds is 7. The quantitative estimate of drug-likeness (QED) is 0.192. The Kier molecular flexibility index (Phi) is 7.96. The molecule has 7 nitrogen and oxygen atoms in total. The van der Waals surface area contributed by atoms with Crippen LogP contribution in [0.1, 0.15) is 75.8 Å². The summed E-state index contributed by atoms with van der Waals surface area (Å²) in [5.74, 6) is -0.726. The number of aliphatic hydroxyl groups excluding tert-OH is 1. The molecule has 0 radical (unpaired) electrons. The number of nitrogens with zero attached hydrogens (tertiary/aromatic N) is 1. The van der Waals surface area contributed by atoms with Gasteiger partial charge in [0.05, 0.1) is 25.3 Å². The zero-order valence-electron chi connectivity index (χ0n) is 24.1. The highest BCUT2D eigenvalue weighted by Gasteiger charge is 2.47. The van der Waals surface area contributed by atoms with E-state index in [0.29, 0.717) is 29.2 Å². The lowest BCUT2D eigenvalue weighted by Crippen LogP contribution is -2.29. The lowest BCUT2D eigenvalue weighted by molar-refractivity contribution is -0.132. The third-order valence-corrected chi connectivity index (χ3v) is 7.16. The molecule has 1 fully saturated rings. The highest BCUT2D eigenvalue weighted by Crippen LogP contribution is 2.45. The summed E-state index contributed by atoms with van der Waals surface area (Å²) in [6.07, 6.45) is 0. The van der Waals surface area contributed by atoms with Crippen molar-refractivity contribution in [2.45, 2.75) is 58.9 Å². The Balaban J connectivity index is 1.97. The molecule has 1 atom stereocenters. The summed E-state index contributed by atoms with van der Waals surface area (Å²) in [5.41, 5.74) is 3.01. The molecule has 1 heterocycles. The Morgan fingerprint density at radius 1 is 0.975 bits per heavy atom. The minimum absolute atomic E-state index is 0.0453. The van der Waals surface area contributed by atoms with Gasteiger partial charge >= 0.3 is 0 Å².